The van der Waals surface area contributed by atoms with Crippen LogP contribution in [0.3, 0.4) is 0 Å². The number of hydrogen-bond donors (Lipinski definition) is 2. The minimum Gasteiger partial charge on any atom is -0.495 e. The first-order valence-corrected chi connectivity index (χ1v) is 6.16. The Bertz CT molecular complexity index is 450. The van der Waals surface area contributed by atoms with Gasteiger partial charge in [0.15, 0.2) is 0 Å². The maximum absolute atomic E-state index is 11.7. The van der Waals surface area contributed by atoms with E-state index in [9.17, 15) is 4.79 Å². The molecule has 0 aliphatic carbocycles. The molecule has 19 heavy (non-hydrogen) atoms. The van der Waals surface area contributed by atoms with Crippen LogP contribution in [0.4, 0.5) is 10.5 Å². The highest BCUT2D eigenvalue weighted by molar-refractivity contribution is 5.87. The molecular weight excluding hydrogens is 244 g/mol. The summed E-state index contributed by atoms with van der Waals surface area (Å²) in [5, 5.41) is 2.66. The molecule has 5 nitrogen and oxygen atoms in total. The largest absolute Gasteiger partial charge is 0.495 e. The van der Waals surface area contributed by atoms with Crippen LogP contribution in [0.15, 0.2) is 18.2 Å². The number of ether oxygens (including phenoxy) is 2. The van der Waals surface area contributed by atoms with Crippen molar-refractivity contribution in [2.45, 2.75) is 39.3 Å². The topological polar surface area (TPSA) is 73.6 Å². The van der Waals surface area contributed by atoms with E-state index in [2.05, 4.69) is 5.32 Å². The van der Waals surface area contributed by atoms with Gasteiger partial charge in [-0.2, -0.15) is 0 Å². The summed E-state index contributed by atoms with van der Waals surface area (Å²) in [5.74, 6) is 0.556. The summed E-state index contributed by atoms with van der Waals surface area (Å²) in [5.41, 5.74) is 6.76. The van der Waals surface area contributed by atoms with Crippen molar-refractivity contribution >= 4 is 11.8 Å². The third-order valence-corrected chi connectivity index (χ3v) is 2.39. The van der Waals surface area contributed by atoms with Gasteiger partial charge < -0.3 is 15.2 Å². The molecule has 0 aliphatic heterocycles. The number of methoxy groups -OCH3 is 1. The van der Waals surface area contributed by atoms with Crippen LogP contribution < -0.4 is 15.8 Å². The van der Waals surface area contributed by atoms with Crippen molar-refractivity contribution in [3.63, 3.8) is 0 Å². The van der Waals surface area contributed by atoms with Crippen LogP contribution >= 0.6 is 0 Å². The normalized spacial score (nSPS) is 12.7. The van der Waals surface area contributed by atoms with E-state index in [4.69, 9.17) is 15.2 Å². The van der Waals surface area contributed by atoms with E-state index in [0.717, 1.165) is 5.56 Å². The number of carbonyl (C=O) groups excluding carboxylic acids is 1. The summed E-state index contributed by atoms with van der Waals surface area (Å²) < 4.78 is 10.4. The van der Waals surface area contributed by atoms with Gasteiger partial charge in [-0.3, -0.25) is 5.32 Å². The molecule has 0 unspecified atom stereocenters. The molecule has 0 heterocycles. The van der Waals surface area contributed by atoms with Crippen molar-refractivity contribution in [3.8, 4) is 5.75 Å². The molecule has 0 fully saturated rings. The number of benzene rings is 1. The second kappa shape index (κ2) is 5.93. The van der Waals surface area contributed by atoms with Gasteiger partial charge in [0.2, 0.25) is 0 Å². The molecule has 3 N–H and O–H groups in total. The molecule has 1 aromatic rings. The SMILES string of the molecule is COc1cc([C@H](C)N)ccc1NC(=O)OC(C)(C)C. The van der Waals surface area contributed by atoms with Crippen molar-refractivity contribution in [1.29, 1.82) is 0 Å². The molecule has 1 amide bonds. The molecule has 0 spiro atoms. The van der Waals surface area contributed by atoms with E-state index in [1.54, 1.807) is 19.2 Å². The van der Waals surface area contributed by atoms with E-state index in [1.165, 1.54) is 0 Å². The van der Waals surface area contributed by atoms with Gasteiger partial charge in [-0.05, 0) is 45.4 Å². The van der Waals surface area contributed by atoms with E-state index < -0.39 is 11.7 Å². The fraction of sp³-hybridized carbons (Fsp3) is 0.500. The van der Waals surface area contributed by atoms with Gasteiger partial charge in [-0.1, -0.05) is 6.07 Å². The van der Waals surface area contributed by atoms with E-state index in [-0.39, 0.29) is 6.04 Å². The zero-order valence-corrected chi connectivity index (χ0v) is 12.1. The molecule has 0 bridgehead atoms. The lowest BCUT2D eigenvalue weighted by Gasteiger charge is -2.20. The zero-order chi connectivity index (χ0) is 14.6. The Morgan fingerprint density at radius 2 is 2.00 bits per heavy atom. The fourth-order valence-electron chi connectivity index (χ4n) is 1.51. The maximum atomic E-state index is 11.7. The van der Waals surface area contributed by atoms with Gasteiger partial charge in [0.1, 0.15) is 11.4 Å². The number of nitrogens with one attached hydrogen (secondary N) is 1. The lowest BCUT2D eigenvalue weighted by molar-refractivity contribution is 0.0635. The van der Waals surface area contributed by atoms with Crippen molar-refractivity contribution < 1.29 is 14.3 Å². The Hall–Kier alpha value is -1.75. The lowest BCUT2D eigenvalue weighted by Crippen LogP contribution is -2.27. The molecule has 0 radical (unpaired) electrons. The number of amides is 1. The first-order chi connectivity index (χ1) is 8.73. The molecule has 1 atom stereocenters. The first kappa shape index (κ1) is 15.3. The van der Waals surface area contributed by atoms with Gasteiger partial charge in [-0.15, -0.1) is 0 Å². The van der Waals surface area contributed by atoms with Gasteiger partial charge in [-0.25, -0.2) is 4.79 Å². The number of carbonyl (C=O) groups is 1. The Morgan fingerprint density at radius 3 is 2.47 bits per heavy atom. The minimum absolute atomic E-state index is 0.0931. The highest BCUT2D eigenvalue weighted by atomic mass is 16.6. The van der Waals surface area contributed by atoms with Crippen molar-refractivity contribution in [2.75, 3.05) is 12.4 Å². The average Bonchev–Trinajstić information content (AvgIpc) is 2.26. The van der Waals surface area contributed by atoms with E-state index in [1.807, 2.05) is 33.8 Å². The van der Waals surface area contributed by atoms with E-state index in [0.29, 0.717) is 11.4 Å². The van der Waals surface area contributed by atoms with E-state index >= 15 is 0 Å². The Labute approximate surface area is 114 Å². The molecule has 1 rings (SSSR count). The van der Waals surface area contributed by atoms with Crippen LogP contribution in [0.25, 0.3) is 0 Å². The van der Waals surface area contributed by atoms with Crippen LogP contribution in [0.1, 0.15) is 39.3 Å². The molecule has 0 saturated heterocycles. The Kier molecular flexibility index (Phi) is 4.78. The van der Waals surface area contributed by atoms with Crippen LogP contribution in [-0.4, -0.2) is 18.8 Å². The molecular formula is C14H22N2O3. The van der Waals surface area contributed by atoms with Crippen LogP contribution in [0.5, 0.6) is 5.75 Å². The molecule has 0 aliphatic rings. The minimum atomic E-state index is -0.539. The molecule has 0 saturated carbocycles. The van der Waals surface area contributed by atoms with Gasteiger partial charge >= 0.3 is 6.09 Å². The highest BCUT2D eigenvalue weighted by Crippen LogP contribution is 2.28. The zero-order valence-electron chi connectivity index (χ0n) is 12.1. The summed E-state index contributed by atoms with van der Waals surface area (Å²) in [4.78, 5) is 11.7. The maximum Gasteiger partial charge on any atom is 0.412 e. The Balaban J connectivity index is 2.86. The Morgan fingerprint density at radius 1 is 1.37 bits per heavy atom. The van der Waals surface area contributed by atoms with Crippen LogP contribution in [-0.2, 0) is 4.74 Å². The molecule has 5 heteroatoms. The number of hydrogen-bond acceptors (Lipinski definition) is 4. The standard InChI is InChI=1S/C14H22N2O3/c1-9(15)10-6-7-11(12(8-10)18-5)16-13(17)19-14(2,3)4/h6-9H,15H2,1-5H3,(H,16,17)/t9-/m0/s1. The number of anilines is 1. The lowest BCUT2D eigenvalue weighted by atomic mass is 10.1. The van der Waals surface area contributed by atoms with Gasteiger partial charge in [0.05, 0.1) is 12.8 Å². The number of nitrogens with two attached hydrogens (primary N) is 1. The highest BCUT2D eigenvalue weighted by Gasteiger charge is 2.17. The van der Waals surface area contributed by atoms with Crippen LogP contribution in [0.2, 0.25) is 0 Å². The van der Waals surface area contributed by atoms with Crippen molar-refractivity contribution in [2.24, 2.45) is 5.73 Å². The second-order valence-electron chi connectivity index (χ2n) is 5.38. The van der Waals surface area contributed by atoms with Crippen LogP contribution in [0, 0.1) is 0 Å². The molecule has 106 valence electrons. The monoisotopic (exact) mass is 266 g/mol. The predicted molar refractivity (Wildman–Crippen MR) is 75.5 cm³/mol. The smallest absolute Gasteiger partial charge is 0.412 e. The van der Waals surface area contributed by atoms with Gasteiger partial charge in [0.25, 0.3) is 0 Å². The summed E-state index contributed by atoms with van der Waals surface area (Å²) >= 11 is 0. The van der Waals surface area contributed by atoms with Gasteiger partial charge in [0, 0.05) is 6.04 Å². The summed E-state index contributed by atoms with van der Waals surface area (Å²) in [6, 6.07) is 5.31. The number of rotatable bonds is 3. The quantitative estimate of drug-likeness (QED) is 0.881. The summed E-state index contributed by atoms with van der Waals surface area (Å²) in [6.07, 6.45) is -0.514. The fourth-order valence-corrected chi connectivity index (χ4v) is 1.51. The third-order valence-electron chi connectivity index (χ3n) is 2.39. The summed E-state index contributed by atoms with van der Waals surface area (Å²) in [7, 11) is 1.54. The predicted octanol–water partition coefficient (Wildman–Crippen LogP) is 3.06. The van der Waals surface area contributed by atoms with Crippen molar-refractivity contribution in [3.05, 3.63) is 23.8 Å². The first-order valence-electron chi connectivity index (χ1n) is 6.16. The summed E-state index contributed by atoms with van der Waals surface area (Å²) in [6.45, 7) is 7.31. The second-order valence-corrected chi connectivity index (χ2v) is 5.38. The average molecular weight is 266 g/mol. The third kappa shape index (κ3) is 4.79. The molecule has 1 aromatic carbocycles. The molecule has 0 aromatic heterocycles. The van der Waals surface area contributed by atoms with Crippen molar-refractivity contribution in [1.82, 2.24) is 0 Å².